The van der Waals surface area contributed by atoms with E-state index in [0.29, 0.717) is 23.1 Å². The Kier molecular flexibility index (Phi) is 4.65. The molecule has 7 nitrogen and oxygen atoms in total. The summed E-state index contributed by atoms with van der Waals surface area (Å²) in [5.41, 5.74) is 4.22. The van der Waals surface area contributed by atoms with Crippen LogP contribution in [0.2, 0.25) is 0 Å². The molecule has 0 fully saturated rings. The van der Waals surface area contributed by atoms with Crippen LogP contribution in [0.15, 0.2) is 66.4 Å². The largest absolute Gasteiger partial charge is 0.328 e. The number of carbonyl (C=O) groups excluding carboxylic acids is 1. The molecule has 2 aromatic heterocycles. The number of hydrogen-bond acceptors (Lipinski definition) is 5. The normalized spacial score (nSPS) is 15.9. The van der Waals surface area contributed by atoms with Gasteiger partial charge in [0.05, 0.1) is 17.5 Å². The van der Waals surface area contributed by atoms with E-state index in [-0.39, 0.29) is 11.9 Å². The van der Waals surface area contributed by atoms with Crippen molar-refractivity contribution in [1.29, 1.82) is 0 Å². The van der Waals surface area contributed by atoms with Gasteiger partial charge in [-0.05, 0) is 36.1 Å². The summed E-state index contributed by atoms with van der Waals surface area (Å²) in [7, 11) is 0. The molecule has 1 aromatic carbocycles. The van der Waals surface area contributed by atoms with Crippen molar-refractivity contribution in [3.8, 4) is 0 Å². The standard InChI is InChI=1S/C21H22N6O/c1-13(2)15-6-8-16(9-7-15)19-18(14(3)25-21-23-12-24-27(19)21)20(28)26-17-5-4-10-22-11-17/h4-13,19H,1-3H3,(H,26,28)(H,23,24,25)/t19-/m1/s1. The number of rotatable bonds is 4. The van der Waals surface area contributed by atoms with Gasteiger partial charge in [0.2, 0.25) is 5.95 Å². The van der Waals surface area contributed by atoms with Gasteiger partial charge in [-0.3, -0.25) is 9.78 Å². The molecule has 0 radical (unpaired) electrons. The second-order valence-electron chi connectivity index (χ2n) is 7.11. The summed E-state index contributed by atoms with van der Waals surface area (Å²) in [5, 5.41) is 10.5. The smallest absolute Gasteiger partial charge is 0.255 e. The van der Waals surface area contributed by atoms with E-state index >= 15 is 0 Å². The van der Waals surface area contributed by atoms with E-state index in [1.54, 1.807) is 23.1 Å². The van der Waals surface area contributed by atoms with Crippen LogP contribution in [0.25, 0.3) is 0 Å². The number of nitrogens with one attached hydrogen (secondary N) is 2. The molecule has 142 valence electrons. The Labute approximate surface area is 163 Å². The van der Waals surface area contributed by atoms with Crippen molar-refractivity contribution in [3.05, 3.63) is 77.5 Å². The maximum atomic E-state index is 13.2. The van der Waals surface area contributed by atoms with Gasteiger partial charge in [-0.25, -0.2) is 4.68 Å². The zero-order chi connectivity index (χ0) is 19.7. The minimum absolute atomic E-state index is 0.197. The first-order valence-corrected chi connectivity index (χ1v) is 9.23. The Morgan fingerprint density at radius 3 is 2.68 bits per heavy atom. The van der Waals surface area contributed by atoms with E-state index in [9.17, 15) is 4.79 Å². The van der Waals surface area contributed by atoms with Gasteiger partial charge in [0, 0.05) is 11.9 Å². The molecule has 28 heavy (non-hydrogen) atoms. The summed E-state index contributed by atoms with van der Waals surface area (Å²) in [4.78, 5) is 21.5. The Hall–Kier alpha value is -3.48. The Morgan fingerprint density at radius 1 is 1.21 bits per heavy atom. The molecule has 1 atom stereocenters. The van der Waals surface area contributed by atoms with Crippen LogP contribution in [0, 0.1) is 0 Å². The monoisotopic (exact) mass is 374 g/mol. The van der Waals surface area contributed by atoms with Crippen LogP contribution in [-0.4, -0.2) is 25.7 Å². The molecule has 1 aliphatic rings. The Morgan fingerprint density at radius 2 is 2.00 bits per heavy atom. The highest BCUT2D eigenvalue weighted by molar-refractivity contribution is 6.05. The molecule has 0 saturated heterocycles. The van der Waals surface area contributed by atoms with E-state index in [2.05, 4.69) is 63.8 Å². The molecule has 0 bridgehead atoms. The molecule has 1 aliphatic heterocycles. The molecule has 3 heterocycles. The molecule has 4 rings (SSSR count). The zero-order valence-electron chi connectivity index (χ0n) is 16.0. The Bertz CT molecular complexity index is 1020. The van der Waals surface area contributed by atoms with Crippen LogP contribution in [-0.2, 0) is 4.79 Å². The van der Waals surface area contributed by atoms with Crippen LogP contribution in [0.1, 0.15) is 43.9 Å². The summed E-state index contributed by atoms with van der Waals surface area (Å²) in [6, 6.07) is 11.5. The minimum atomic E-state index is -0.364. The third-order valence-corrected chi connectivity index (χ3v) is 4.88. The average Bonchev–Trinajstić information content (AvgIpc) is 3.15. The van der Waals surface area contributed by atoms with Crippen LogP contribution in [0.3, 0.4) is 0 Å². The average molecular weight is 374 g/mol. The van der Waals surface area contributed by atoms with Gasteiger partial charge in [-0.2, -0.15) is 10.1 Å². The number of aromatic nitrogens is 4. The van der Waals surface area contributed by atoms with Crippen molar-refractivity contribution < 1.29 is 4.79 Å². The number of anilines is 2. The molecule has 0 spiro atoms. The second-order valence-corrected chi connectivity index (χ2v) is 7.11. The van der Waals surface area contributed by atoms with Crippen molar-refractivity contribution in [2.24, 2.45) is 0 Å². The lowest BCUT2D eigenvalue weighted by Crippen LogP contribution is -2.31. The summed E-state index contributed by atoms with van der Waals surface area (Å²) in [6.45, 7) is 6.20. The molecule has 0 unspecified atom stereocenters. The van der Waals surface area contributed by atoms with Crippen LogP contribution >= 0.6 is 0 Å². The quantitative estimate of drug-likeness (QED) is 0.727. The highest BCUT2D eigenvalue weighted by Gasteiger charge is 2.33. The van der Waals surface area contributed by atoms with Gasteiger partial charge in [-0.15, -0.1) is 0 Å². The number of carbonyl (C=O) groups is 1. The zero-order valence-corrected chi connectivity index (χ0v) is 16.0. The van der Waals surface area contributed by atoms with Gasteiger partial charge in [-0.1, -0.05) is 38.1 Å². The first-order valence-electron chi connectivity index (χ1n) is 9.23. The molecule has 0 saturated carbocycles. The maximum absolute atomic E-state index is 13.2. The topological polar surface area (TPSA) is 84.7 Å². The fraction of sp³-hybridized carbons (Fsp3) is 0.238. The molecule has 3 aromatic rings. The molecule has 1 amide bonds. The van der Waals surface area contributed by atoms with E-state index in [0.717, 1.165) is 11.3 Å². The maximum Gasteiger partial charge on any atom is 0.255 e. The number of fused-ring (bicyclic) bond motifs is 1. The highest BCUT2D eigenvalue weighted by Crippen LogP contribution is 2.35. The highest BCUT2D eigenvalue weighted by atomic mass is 16.1. The fourth-order valence-corrected chi connectivity index (χ4v) is 3.39. The first-order chi connectivity index (χ1) is 13.5. The van der Waals surface area contributed by atoms with E-state index in [4.69, 9.17) is 0 Å². The van der Waals surface area contributed by atoms with Crippen LogP contribution in [0.4, 0.5) is 11.6 Å². The number of allylic oxidation sites excluding steroid dienone is 1. The third-order valence-electron chi connectivity index (χ3n) is 4.88. The van der Waals surface area contributed by atoms with Crippen LogP contribution < -0.4 is 10.6 Å². The first kappa shape index (κ1) is 17.9. The van der Waals surface area contributed by atoms with E-state index < -0.39 is 0 Å². The number of amides is 1. The van der Waals surface area contributed by atoms with Crippen molar-refractivity contribution >= 4 is 17.5 Å². The van der Waals surface area contributed by atoms with Crippen molar-refractivity contribution in [1.82, 2.24) is 19.7 Å². The molecular weight excluding hydrogens is 352 g/mol. The lowest BCUT2D eigenvalue weighted by Gasteiger charge is -2.29. The number of nitrogens with zero attached hydrogens (tertiary/aromatic N) is 4. The molecule has 7 heteroatoms. The van der Waals surface area contributed by atoms with E-state index in [1.807, 2.05) is 13.0 Å². The minimum Gasteiger partial charge on any atom is -0.328 e. The fourth-order valence-electron chi connectivity index (χ4n) is 3.39. The predicted molar refractivity (Wildman–Crippen MR) is 108 cm³/mol. The number of benzene rings is 1. The predicted octanol–water partition coefficient (Wildman–Crippen LogP) is 3.72. The van der Waals surface area contributed by atoms with Gasteiger partial charge in [0.25, 0.3) is 5.91 Å². The summed E-state index contributed by atoms with van der Waals surface area (Å²) in [5.74, 6) is 0.861. The van der Waals surface area contributed by atoms with Gasteiger partial charge < -0.3 is 10.6 Å². The third kappa shape index (κ3) is 3.26. The van der Waals surface area contributed by atoms with Crippen molar-refractivity contribution in [2.75, 3.05) is 10.6 Å². The van der Waals surface area contributed by atoms with Gasteiger partial charge in [0.15, 0.2) is 0 Å². The second kappa shape index (κ2) is 7.26. The van der Waals surface area contributed by atoms with E-state index in [1.165, 1.54) is 11.9 Å². The van der Waals surface area contributed by atoms with Crippen LogP contribution in [0.5, 0.6) is 0 Å². The molecular formula is C21H22N6O. The van der Waals surface area contributed by atoms with Gasteiger partial charge >= 0.3 is 0 Å². The number of pyridine rings is 1. The molecule has 0 aliphatic carbocycles. The summed E-state index contributed by atoms with van der Waals surface area (Å²) in [6.07, 6.45) is 4.79. The molecule has 2 N–H and O–H groups in total. The van der Waals surface area contributed by atoms with Gasteiger partial charge in [0.1, 0.15) is 12.4 Å². The SMILES string of the molecule is CC1=C(C(=O)Nc2cccnc2)[C@@H](c2ccc(C(C)C)cc2)n2ncnc2N1. The Balaban J connectivity index is 1.75. The lowest BCUT2D eigenvalue weighted by molar-refractivity contribution is -0.113. The summed E-state index contributed by atoms with van der Waals surface area (Å²) < 4.78 is 1.75. The van der Waals surface area contributed by atoms with Crippen molar-refractivity contribution in [2.45, 2.75) is 32.7 Å². The summed E-state index contributed by atoms with van der Waals surface area (Å²) >= 11 is 0. The lowest BCUT2D eigenvalue weighted by atomic mass is 9.93. The van der Waals surface area contributed by atoms with Crippen molar-refractivity contribution in [3.63, 3.8) is 0 Å². The number of hydrogen-bond donors (Lipinski definition) is 2.